The smallest absolute Gasteiger partial charge is 0.263 e. The molecule has 0 unspecified atom stereocenters. The SMILES string of the molecule is COc1ccc(Cl)c2sc(N(CCN3CCOCC3)C(=O)c3cnn(-c4ccccc4)c3C)nc12.Cl. The summed E-state index contributed by atoms with van der Waals surface area (Å²) in [4.78, 5) is 22.8. The van der Waals surface area contributed by atoms with Crippen LogP contribution in [0.5, 0.6) is 5.75 Å². The number of hydrogen-bond donors (Lipinski definition) is 0. The average molecular weight is 548 g/mol. The third-order valence-electron chi connectivity index (χ3n) is 6.13. The third kappa shape index (κ3) is 5.21. The monoisotopic (exact) mass is 547 g/mol. The molecule has 2 aromatic carbocycles. The lowest BCUT2D eigenvalue weighted by Gasteiger charge is -2.29. The zero-order valence-corrected chi connectivity index (χ0v) is 22.4. The molecule has 0 aliphatic carbocycles. The van der Waals surface area contributed by atoms with Gasteiger partial charge in [0.05, 0.1) is 53.2 Å². The number of rotatable bonds is 7. The second-order valence-corrected chi connectivity index (χ2v) is 9.61. The maximum Gasteiger partial charge on any atom is 0.263 e. The molecular formula is C25H27Cl2N5O3S. The van der Waals surface area contributed by atoms with E-state index >= 15 is 0 Å². The van der Waals surface area contributed by atoms with Crippen LogP contribution in [0.25, 0.3) is 15.9 Å². The number of nitrogens with zero attached hydrogens (tertiary/aromatic N) is 5. The van der Waals surface area contributed by atoms with E-state index in [1.54, 1.807) is 35.0 Å². The summed E-state index contributed by atoms with van der Waals surface area (Å²) in [7, 11) is 1.60. The number of morpholine rings is 1. The van der Waals surface area contributed by atoms with Gasteiger partial charge in [-0.1, -0.05) is 41.1 Å². The molecule has 1 saturated heterocycles. The maximum absolute atomic E-state index is 13.9. The van der Waals surface area contributed by atoms with E-state index in [0.29, 0.717) is 53.3 Å². The van der Waals surface area contributed by atoms with Gasteiger partial charge in [-0.2, -0.15) is 5.10 Å². The lowest BCUT2D eigenvalue weighted by Crippen LogP contribution is -2.43. The first-order valence-corrected chi connectivity index (χ1v) is 12.6. The molecule has 8 nitrogen and oxygen atoms in total. The summed E-state index contributed by atoms with van der Waals surface area (Å²) < 4.78 is 13.5. The van der Waals surface area contributed by atoms with E-state index in [-0.39, 0.29) is 18.3 Å². The molecule has 1 aliphatic heterocycles. The second-order valence-electron chi connectivity index (χ2n) is 8.23. The Morgan fingerprint density at radius 2 is 1.94 bits per heavy atom. The predicted octanol–water partition coefficient (Wildman–Crippen LogP) is 4.85. The number of ether oxygens (including phenoxy) is 2. The Bertz CT molecular complexity index is 1340. The Morgan fingerprint density at radius 3 is 2.67 bits per heavy atom. The van der Waals surface area contributed by atoms with Crippen molar-refractivity contribution in [1.29, 1.82) is 0 Å². The molecule has 5 rings (SSSR count). The normalized spacial score (nSPS) is 14.0. The fourth-order valence-corrected chi connectivity index (χ4v) is 5.45. The first-order valence-electron chi connectivity index (χ1n) is 11.4. The van der Waals surface area contributed by atoms with Gasteiger partial charge in [-0.25, -0.2) is 9.67 Å². The molecule has 0 bridgehead atoms. The molecule has 2 aromatic heterocycles. The van der Waals surface area contributed by atoms with E-state index in [2.05, 4.69) is 10.00 Å². The second kappa shape index (κ2) is 11.6. The number of amides is 1. The largest absolute Gasteiger partial charge is 0.494 e. The van der Waals surface area contributed by atoms with Crippen LogP contribution >= 0.6 is 35.3 Å². The Kier molecular flexibility index (Phi) is 8.48. The summed E-state index contributed by atoms with van der Waals surface area (Å²) in [5, 5.41) is 5.66. The van der Waals surface area contributed by atoms with Crippen molar-refractivity contribution < 1.29 is 14.3 Å². The topological polar surface area (TPSA) is 72.7 Å². The van der Waals surface area contributed by atoms with Crippen LogP contribution < -0.4 is 9.64 Å². The lowest BCUT2D eigenvalue weighted by molar-refractivity contribution is 0.0391. The van der Waals surface area contributed by atoms with Crippen molar-refractivity contribution in [2.45, 2.75) is 6.92 Å². The highest BCUT2D eigenvalue weighted by molar-refractivity contribution is 7.23. The van der Waals surface area contributed by atoms with Gasteiger partial charge in [-0.15, -0.1) is 12.4 Å². The van der Waals surface area contributed by atoms with Crippen LogP contribution in [0, 0.1) is 6.92 Å². The van der Waals surface area contributed by atoms with Crippen LogP contribution in [0.15, 0.2) is 48.7 Å². The van der Waals surface area contributed by atoms with E-state index < -0.39 is 0 Å². The quantitative estimate of drug-likeness (QED) is 0.329. The maximum atomic E-state index is 13.9. The molecule has 1 amide bonds. The summed E-state index contributed by atoms with van der Waals surface area (Å²) >= 11 is 7.86. The number of carbonyl (C=O) groups is 1. The molecule has 190 valence electrons. The Hall–Kier alpha value is -2.69. The van der Waals surface area contributed by atoms with Gasteiger partial charge in [0.25, 0.3) is 5.91 Å². The van der Waals surface area contributed by atoms with Crippen molar-refractivity contribution in [2.75, 3.05) is 51.4 Å². The van der Waals surface area contributed by atoms with Crippen LogP contribution in [0.3, 0.4) is 0 Å². The van der Waals surface area contributed by atoms with E-state index in [1.807, 2.05) is 37.3 Å². The Labute approximate surface area is 224 Å². The molecule has 1 aliphatic rings. The van der Waals surface area contributed by atoms with E-state index in [9.17, 15) is 4.79 Å². The van der Waals surface area contributed by atoms with Crippen LogP contribution in [-0.4, -0.2) is 72.1 Å². The molecule has 1 fully saturated rings. The van der Waals surface area contributed by atoms with Crippen LogP contribution in [0.1, 0.15) is 16.1 Å². The minimum atomic E-state index is -0.146. The highest BCUT2D eigenvalue weighted by Crippen LogP contribution is 2.39. The van der Waals surface area contributed by atoms with Crippen LogP contribution in [0.4, 0.5) is 5.13 Å². The number of fused-ring (bicyclic) bond motifs is 1. The van der Waals surface area contributed by atoms with Crippen LogP contribution in [-0.2, 0) is 4.74 Å². The minimum Gasteiger partial charge on any atom is -0.494 e. The standard InChI is InChI=1S/C25H26ClN5O3S.ClH/c1-17-19(16-27-31(17)18-6-4-3-5-7-18)24(32)30(11-10-29-12-14-34-15-13-29)25-28-22-21(33-2)9-8-20(26)23(22)35-25;/h3-9,16H,10-15H2,1-2H3;1H. The lowest BCUT2D eigenvalue weighted by atomic mass is 10.2. The van der Waals surface area contributed by atoms with Crippen molar-refractivity contribution in [3.8, 4) is 11.4 Å². The van der Waals surface area contributed by atoms with Gasteiger partial charge in [0.15, 0.2) is 5.13 Å². The van der Waals surface area contributed by atoms with Crippen molar-refractivity contribution >= 4 is 56.6 Å². The van der Waals surface area contributed by atoms with Gasteiger partial charge in [0.1, 0.15) is 11.3 Å². The molecule has 4 aromatic rings. The zero-order chi connectivity index (χ0) is 24.4. The number of para-hydroxylation sites is 1. The first kappa shape index (κ1) is 26.4. The number of thiazole rings is 1. The third-order valence-corrected chi connectivity index (χ3v) is 7.67. The summed E-state index contributed by atoms with van der Waals surface area (Å²) in [6.45, 7) is 6.18. The fraction of sp³-hybridized carbons (Fsp3) is 0.320. The molecule has 3 heterocycles. The highest BCUT2D eigenvalue weighted by atomic mass is 35.5. The number of aromatic nitrogens is 3. The first-order chi connectivity index (χ1) is 17.1. The summed E-state index contributed by atoms with van der Waals surface area (Å²) in [6, 6.07) is 13.4. The molecular weight excluding hydrogens is 521 g/mol. The van der Waals surface area contributed by atoms with Crippen molar-refractivity contribution in [3.63, 3.8) is 0 Å². The molecule has 0 spiro atoms. The van der Waals surface area contributed by atoms with E-state index in [4.69, 9.17) is 26.1 Å². The number of anilines is 1. The highest BCUT2D eigenvalue weighted by Gasteiger charge is 2.27. The molecule has 0 N–H and O–H groups in total. The van der Waals surface area contributed by atoms with Gasteiger partial charge in [-0.3, -0.25) is 14.6 Å². The average Bonchev–Trinajstić information content (AvgIpc) is 3.50. The summed E-state index contributed by atoms with van der Waals surface area (Å²) in [6.07, 6.45) is 1.63. The van der Waals surface area contributed by atoms with Gasteiger partial charge in [-0.05, 0) is 31.2 Å². The number of benzene rings is 2. The Balaban J connectivity index is 0.00000304. The van der Waals surface area contributed by atoms with Gasteiger partial charge >= 0.3 is 0 Å². The molecule has 0 atom stereocenters. The predicted molar refractivity (Wildman–Crippen MR) is 146 cm³/mol. The summed E-state index contributed by atoms with van der Waals surface area (Å²) in [5.41, 5.74) is 2.86. The van der Waals surface area contributed by atoms with Crippen molar-refractivity contribution in [3.05, 3.63) is 64.9 Å². The van der Waals surface area contributed by atoms with Crippen molar-refractivity contribution in [2.24, 2.45) is 0 Å². The number of hydrogen-bond acceptors (Lipinski definition) is 7. The van der Waals surface area contributed by atoms with E-state index in [0.717, 1.165) is 29.2 Å². The van der Waals surface area contributed by atoms with Gasteiger partial charge in [0, 0.05) is 26.2 Å². The molecule has 0 radical (unpaired) electrons. The fourth-order valence-electron chi connectivity index (χ4n) is 4.17. The number of halogens is 2. The Morgan fingerprint density at radius 1 is 1.19 bits per heavy atom. The minimum absolute atomic E-state index is 0. The number of carbonyl (C=O) groups excluding carboxylic acids is 1. The molecule has 36 heavy (non-hydrogen) atoms. The number of methoxy groups -OCH3 is 1. The van der Waals surface area contributed by atoms with Crippen molar-refractivity contribution in [1.82, 2.24) is 19.7 Å². The van der Waals surface area contributed by atoms with Crippen LogP contribution in [0.2, 0.25) is 5.02 Å². The van der Waals surface area contributed by atoms with Gasteiger partial charge < -0.3 is 9.47 Å². The zero-order valence-electron chi connectivity index (χ0n) is 20.0. The molecule has 11 heteroatoms. The van der Waals surface area contributed by atoms with Gasteiger partial charge in [0.2, 0.25) is 0 Å². The van der Waals surface area contributed by atoms with E-state index in [1.165, 1.54) is 11.3 Å². The molecule has 0 saturated carbocycles. The summed E-state index contributed by atoms with van der Waals surface area (Å²) in [5.74, 6) is 0.479.